The molecule has 0 fully saturated rings. The molecule has 0 N–H and O–H groups in total. The van der Waals surface area contributed by atoms with Gasteiger partial charge in [-0.15, -0.1) is 0 Å². The zero-order chi connectivity index (χ0) is 21.5. The molecule has 0 atom stereocenters. The van der Waals surface area contributed by atoms with Crippen LogP contribution in [0, 0.1) is 5.82 Å². The number of methoxy groups -OCH3 is 2. The SMILES string of the molecule is COc1ccc(OC)c(C(=O)/C=C/c2cccc(OC(=O)c3ccccc3F)c2)c1. The number of hydrogen-bond acceptors (Lipinski definition) is 5. The normalized spacial score (nSPS) is 10.6. The van der Waals surface area contributed by atoms with Crippen molar-refractivity contribution < 1.29 is 28.2 Å². The van der Waals surface area contributed by atoms with Gasteiger partial charge >= 0.3 is 5.97 Å². The lowest BCUT2D eigenvalue weighted by Crippen LogP contribution is -2.10. The summed E-state index contributed by atoms with van der Waals surface area (Å²) in [5.74, 6) is -0.535. The average molecular weight is 406 g/mol. The molecule has 3 rings (SSSR count). The second kappa shape index (κ2) is 9.52. The minimum absolute atomic E-state index is 0.154. The summed E-state index contributed by atoms with van der Waals surface area (Å²) in [6, 6.07) is 17.1. The molecule has 0 unspecified atom stereocenters. The lowest BCUT2D eigenvalue weighted by atomic mass is 10.1. The maximum Gasteiger partial charge on any atom is 0.346 e. The highest BCUT2D eigenvalue weighted by atomic mass is 19.1. The minimum atomic E-state index is -0.800. The molecule has 0 aliphatic heterocycles. The summed E-state index contributed by atoms with van der Waals surface area (Å²) in [7, 11) is 3.00. The van der Waals surface area contributed by atoms with Gasteiger partial charge in [0.1, 0.15) is 23.1 Å². The highest BCUT2D eigenvalue weighted by Crippen LogP contribution is 2.25. The molecule has 3 aromatic carbocycles. The zero-order valence-electron chi connectivity index (χ0n) is 16.4. The molecule has 0 spiro atoms. The molecule has 6 heteroatoms. The zero-order valence-corrected chi connectivity index (χ0v) is 16.4. The first-order valence-corrected chi connectivity index (χ1v) is 9.03. The van der Waals surface area contributed by atoms with E-state index in [-0.39, 0.29) is 17.1 Å². The van der Waals surface area contributed by atoms with Gasteiger partial charge in [0.2, 0.25) is 0 Å². The number of ketones is 1. The van der Waals surface area contributed by atoms with Gasteiger partial charge in [-0.25, -0.2) is 9.18 Å². The third-order valence-electron chi connectivity index (χ3n) is 4.26. The minimum Gasteiger partial charge on any atom is -0.497 e. The summed E-state index contributed by atoms with van der Waals surface area (Å²) in [6.45, 7) is 0. The number of carbonyl (C=O) groups is 2. The first-order valence-electron chi connectivity index (χ1n) is 9.03. The van der Waals surface area contributed by atoms with Crippen molar-refractivity contribution in [1.29, 1.82) is 0 Å². The van der Waals surface area contributed by atoms with Gasteiger partial charge < -0.3 is 14.2 Å². The lowest BCUT2D eigenvalue weighted by Gasteiger charge is -2.08. The summed E-state index contributed by atoms with van der Waals surface area (Å²) < 4.78 is 29.4. The number of allylic oxidation sites excluding steroid dienone is 1. The van der Waals surface area contributed by atoms with E-state index in [4.69, 9.17) is 14.2 Å². The van der Waals surface area contributed by atoms with Crippen LogP contribution >= 0.6 is 0 Å². The van der Waals surface area contributed by atoms with Crippen LogP contribution in [0.4, 0.5) is 4.39 Å². The lowest BCUT2D eigenvalue weighted by molar-refractivity contribution is 0.0729. The van der Waals surface area contributed by atoms with Crippen LogP contribution in [0.3, 0.4) is 0 Å². The fourth-order valence-electron chi connectivity index (χ4n) is 2.74. The van der Waals surface area contributed by atoms with E-state index < -0.39 is 11.8 Å². The molecule has 152 valence electrons. The van der Waals surface area contributed by atoms with E-state index >= 15 is 0 Å². The topological polar surface area (TPSA) is 61.8 Å². The van der Waals surface area contributed by atoms with Gasteiger partial charge in [0.25, 0.3) is 0 Å². The number of carbonyl (C=O) groups excluding carboxylic acids is 2. The van der Waals surface area contributed by atoms with Crippen LogP contribution in [0.15, 0.2) is 72.8 Å². The Morgan fingerprint density at radius 3 is 2.37 bits per heavy atom. The van der Waals surface area contributed by atoms with E-state index in [9.17, 15) is 14.0 Å². The van der Waals surface area contributed by atoms with Gasteiger partial charge in [-0.05, 0) is 54.1 Å². The average Bonchev–Trinajstić information content (AvgIpc) is 2.77. The fraction of sp³-hybridized carbons (Fsp3) is 0.0833. The number of rotatable bonds is 7. The van der Waals surface area contributed by atoms with E-state index in [2.05, 4.69) is 0 Å². The molecule has 3 aromatic rings. The Kier molecular flexibility index (Phi) is 6.60. The molecular weight excluding hydrogens is 387 g/mol. The van der Waals surface area contributed by atoms with E-state index in [1.807, 2.05) is 0 Å². The predicted octanol–water partition coefficient (Wildman–Crippen LogP) is 4.96. The molecule has 0 aliphatic rings. The van der Waals surface area contributed by atoms with Crippen molar-refractivity contribution in [2.45, 2.75) is 0 Å². The molecule has 0 amide bonds. The monoisotopic (exact) mass is 406 g/mol. The highest BCUT2D eigenvalue weighted by Gasteiger charge is 2.14. The maximum atomic E-state index is 13.7. The highest BCUT2D eigenvalue weighted by molar-refractivity contribution is 6.09. The standard InChI is InChI=1S/C24H19FO5/c1-28-17-11-13-23(29-2)20(15-17)22(26)12-10-16-6-5-7-18(14-16)30-24(27)19-8-3-4-9-21(19)25/h3-15H,1-2H3/b12-10+. The fourth-order valence-corrected chi connectivity index (χ4v) is 2.74. The van der Waals surface area contributed by atoms with Crippen LogP contribution in [-0.2, 0) is 0 Å². The van der Waals surface area contributed by atoms with E-state index in [1.165, 1.54) is 38.5 Å². The number of halogens is 1. The van der Waals surface area contributed by atoms with Crippen molar-refractivity contribution in [3.05, 3.63) is 95.3 Å². The Hall–Kier alpha value is -3.93. The van der Waals surface area contributed by atoms with Gasteiger partial charge in [0, 0.05) is 0 Å². The number of hydrogen-bond donors (Lipinski definition) is 0. The second-order valence-corrected chi connectivity index (χ2v) is 6.21. The van der Waals surface area contributed by atoms with Gasteiger partial charge in [0.05, 0.1) is 25.3 Å². The Labute approximate surface area is 173 Å². The van der Waals surface area contributed by atoms with Crippen molar-refractivity contribution in [3.63, 3.8) is 0 Å². The molecule has 30 heavy (non-hydrogen) atoms. The number of esters is 1. The molecule has 0 bridgehead atoms. The Balaban J connectivity index is 1.77. The van der Waals surface area contributed by atoms with E-state index in [0.29, 0.717) is 22.6 Å². The Bertz CT molecular complexity index is 1100. The summed E-state index contributed by atoms with van der Waals surface area (Å²) in [4.78, 5) is 24.8. The van der Waals surface area contributed by atoms with Gasteiger partial charge in [-0.1, -0.05) is 30.3 Å². The Morgan fingerprint density at radius 2 is 1.63 bits per heavy atom. The third-order valence-corrected chi connectivity index (χ3v) is 4.26. The first kappa shape index (κ1) is 20.8. The van der Waals surface area contributed by atoms with Crippen LogP contribution in [0.1, 0.15) is 26.3 Å². The van der Waals surface area contributed by atoms with Crippen molar-refractivity contribution in [2.24, 2.45) is 0 Å². The number of ether oxygens (including phenoxy) is 3. The van der Waals surface area contributed by atoms with Crippen LogP contribution in [-0.4, -0.2) is 26.0 Å². The van der Waals surface area contributed by atoms with E-state index in [0.717, 1.165) is 0 Å². The molecule has 0 saturated heterocycles. The van der Waals surface area contributed by atoms with Crippen molar-refractivity contribution >= 4 is 17.8 Å². The molecule has 0 aromatic heterocycles. The van der Waals surface area contributed by atoms with Crippen molar-refractivity contribution in [3.8, 4) is 17.2 Å². The van der Waals surface area contributed by atoms with Crippen LogP contribution in [0.2, 0.25) is 0 Å². The quantitative estimate of drug-likeness (QED) is 0.240. The van der Waals surface area contributed by atoms with E-state index in [1.54, 1.807) is 54.6 Å². The largest absolute Gasteiger partial charge is 0.497 e. The molecular formula is C24H19FO5. The summed E-state index contributed by atoms with van der Waals surface area (Å²) >= 11 is 0. The summed E-state index contributed by atoms with van der Waals surface area (Å²) in [5, 5.41) is 0. The second-order valence-electron chi connectivity index (χ2n) is 6.21. The third kappa shape index (κ3) is 4.91. The molecule has 0 heterocycles. The Morgan fingerprint density at radius 1 is 0.833 bits per heavy atom. The van der Waals surface area contributed by atoms with Crippen LogP contribution in [0.5, 0.6) is 17.2 Å². The molecule has 5 nitrogen and oxygen atoms in total. The van der Waals surface area contributed by atoms with Gasteiger partial charge in [-0.3, -0.25) is 4.79 Å². The van der Waals surface area contributed by atoms with Gasteiger partial charge in [-0.2, -0.15) is 0 Å². The van der Waals surface area contributed by atoms with Crippen molar-refractivity contribution in [1.82, 2.24) is 0 Å². The smallest absolute Gasteiger partial charge is 0.346 e. The molecule has 0 radical (unpaired) electrons. The van der Waals surface area contributed by atoms with Gasteiger partial charge in [0.15, 0.2) is 5.78 Å². The first-order chi connectivity index (χ1) is 14.5. The molecule has 0 saturated carbocycles. The summed E-state index contributed by atoms with van der Waals surface area (Å²) in [5.41, 5.74) is 0.832. The number of benzene rings is 3. The maximum absolute atomic E-state index is 13.7. The summed E-state index contributed by atoms with van der Waals surface area (Å²) in [6.07, 6.45) is 2.97. The molecule has 0 aliphatic carbocycles. The van der Waals surface area contributed by atoms with Crippen LogP contribution in [0.25, 0.3) is 6.08 Å². The predicted molar refractivity (Wildman–Crippen MR) is 111 cm³/mol. The van der Waals surface area contributed by atoms with Crippen LogP contribution < -0.4 is 14.2 Å². The van der Waals surface area contributed by atoms with Crippen molar-refractivity contribution in [2.75, 3.05) is 14.2 Å².